The molecule has 1 atom stereocenters. The van der Waals surface area contributed by atoms with Gasteiger partial charge in [0.25, 0.3) is 5.91 Å². The number of amides is 3. The minimum absolute atomic E-state index is 0.150. The Morgan fingerprint density at radius 1 is 1.12 bits per heavy atom. The highest BCUT2D eigenvalue weighted by Gasteiger charge is 2.38. The number of rotatable bonds is 4. The highest BCUT2D eigenvalue weighted by Crippen LogP contribution is 2.22. The molecule has 2 aromatic rings. The highest BCUT2D eigenvalue weighted by molar-refractivity contribution is 6.05. The van der Waals surface area contributed by atoms with Crippen LogP contribution in [0.15, 0.2) is 54.6 Å². The largest absolute Gasteiger partial charge is 0.497 e. The molecule has 1 heterocycles. The second-order valence-corrected chi connectivity index (χ2v) is 5.90. The first kappa shape index (κ1) is 16.1. The molecular weight excluding hydrogens is 304 g/mol. The molecule has 24 heavy (non-hydrogen) atoms. The van der Waals surface area contributed by atoms with Crippen LogP contribution in [0.2, 0.25) is 0 Å². The van der Waals surface area contributed by atoms with Gasteiger partial charge < -0.3 is 9.64 Å². The maximum Gasteiger partial charge on any atom is 0.327 e. The van der Waals surface area contributed by atoms with Crippen LogP contribution >= 0.6 is 0 Å². The van der Waals surface area contributed by atoms with Gasteiger partial charge >= 0.3 is 6.03 Å². The number of methoxy groups -OCH3 is 1. The predicted molar refractivity (Wildman–Crippen MR) is 90.9 cm³/mol. The van der Waals surface area contributed by atoms with Gasteiger partial charge in [0.1, 0.15) is 5.75 Å². The Morgan fingerprint density at radius 3 is 2.42 bits per heavy atom. The molecule has 0 N–H and O–H groups in total. The standard InChI is InChI=1S/C19H20N2O3/c1-14-12-20(13-15-8-10-17(24-2)11-9-15)19(23)21(14)18(22)16-6-4-3-5-7-16/h3-11,14H,12-13H2,1-2H3. The number of carbonyl (C=O) groups is 2. The molecule has 1 fully saturated rings. The Kier molecular flexibility index (Phi) is 4.51. The van der Waals surface area contributed by atoms with Crippen molar-refractivity contribution in [1.29, 1.82) is 0 Å². The number of hydrogen-bond acceptors (Lipinski definition) is 3. The molecule has 0 spiro atoms. The Bertz CT molecular complexity index is 728. The molecule has 0 saturated carbocycles. The van der Waals surface area contributed by atoms with Crippen molar-refractivity contribution in [3.05, 3.63) is 65.7 Å². The van der Waals surface area contributed by atoms with Gasteiger partial charge in [-0.25, -0.2) is 4.79 Å². The van der Waals surface area contributed by atoms with E-state index in [4.69, 9.17) is 4.74 Å². The summed E-state index contributed by atoms with van der Waals surface area (Å²) in [7, 11) is 1.62. The minimum Gasteiger partial charge on any atom is -0.497 e. The number of carbonyl (C=O) groups excluding carboxylic acids is 2. The summed E-state index contributed by atoms with van der Waals surface area (Å²) in [5, 5.41) is 0. The summed E-state index contributed by atoms with van der Waals surface area (Å²) >= 11 is 0. The van der Waals surface area contributed by atoms with Gasteiger partial charge in [-0.05, 0) is 36.8 Å². The summed E-state index contributed by atoms with van der Waals surface area (Å²) in [5.74, 6) is 0.533. The number of urea groups is 1. The topological polar surface area (TPSA) is 49.9 Å². The molecule has 0 bridgehead atoms. The fourth-order valence-corrected chi connectivity index (χ4v) is 2.91. The SMILES string of the molecule is COc1ccc(CN2CC(C)N(C(=O)c3ccccc3)C2=O)cc1. The summed E-state index contributed by atoms with van der Waals surface area (Å²) in [4.78, 5) is 28.3. The van der Waals surface area contributed by atoms with E-state index in [9.17, 15) is 9.59 Å². The molecule has 0 aromatic heterocycles. The fraction of sp³-hybridized carbons (Fsp3) is 0.263. The van der Waals surface area contributed by atoms with Crippen LogP contribution in [0.3, 0.4) is 0 Å². The maximum absolute atomic E-state index is 12.7. The predicted octanol–water partition coefficient (Wildman–Crippen LogP) is 3.16. The second kappa shape index (κ2) is 6.74. The molecule has 3 amide bonds. The van der Waals surface area contributed by atoms with Crippen LogP contribution in [-0.2, 0) is 6.54 Å². The number of hydrogen-bond donors (Lipinski definition) is 0. The first-order valence-corrected chi connectivity index (χ1v) is 7.90. The van der Waals surface area contributed by atoms with Crippen LogP contribution in [-0.4, -0.2) is 41.4 Å². The van der Waals surface area contributed by atoms with Crippen molar-refractivity contribution in [2.75, 3.05) is 13.7 Å². The Labute approximate surface area is 141 Å². The summed E-state index contributed by atoms with van der Waals surface area (Å²) < 4.78 is 5.14. The molecule has 5 heteroatoms. The van der Waals surface area contributed by atoms with Crippen LogP contribution in [0.5, 0.6) is 5.75 Å². The van der Waals surface area contributed by atoms with Gasteiger partial charge in [0.2, 0.25) is 0 Å². The molecular formula is C19H20N2O3. The monoisotopic (exact) mass is 324 g/mol. The first-order chi connectivity index (χ1) is 11.6. The molecule has 5 nitrogen and oxygen atoms in total. The van der Waals surface area contributed by atoms with Gasteiger partial charge in [0, 0.05) is 18.7 Å². The summed E-state index contributed by atoms with van der Waals surface area (Å²) in [6.45, 7) is 2.90. The third kappa shape index (κ3) is 3.11. The Morgan fingerprint density at radius 2 is 1.79 bits per heavy atom. The van der Waals surface area contributed by atoms with Crippen LogP contribution in [0, 0.1) is 0 Å². The van der Waals surface area contributed by atoms with Gasteiger partial charge in [-0.15, -0.1) is 0 Å². The normalized spacial score (nSPS) is 17.2. The summed E-state index contributed by atoms with van der Waals surface area (Å²) in [6, 6.07) is 16.1. The molecule has 124 valence electrons. The van der Waals surface area contributed by atoms with Gasteiger partial charge in [-0.2, -0.15) is 0 Å². The van der Waals surface area contributed by atoms with Crippen LogP contribution in [0.25, 0.3) is 0 Å². The van der Waals surface area contributed by atoms with Gasteiger partial charge in [0.05, 0.1) is 13.2 Å². The zero-order valence-corrected chi connectivity index (χ0v) is 13.8. The zero-order chi connectivity index (χ0) is 17.1. The average molecular weight is 324 g/mol. The smallest absolute Gasteiger partial charge is 0.327 e. The zero-order valence-electron chi connectivity index (χ0n) is 13.8. The van der Waals surface area contributed by atoms with E-state index in [1.807, 2.05) is 37.3 Å². The van der Waals surface area contributed by atoms with Crippen molar-refractivity contribution >= 4 is 11.9 Å². The third-order valence-electron chi connectivity index (χ3n) is 4.17. The minimum atomic E-state index is -0.245. The Balaban J connectivity index is 1.73. The van der Waals surface area contributed by atoms with E-state index in [1.54, 1.807) is 36.3 Å². The Hall–Kier alpha value is -2.82. The van der Waals surface area contributed by atoms with Crippen molar-refractivity contribution in [1.82, 2.24) is 9.80 Å². The van der Waals surface area contributed by atoms with Gasteiger partial charge in [-0.1, -0.05) is 30.3 Å². The lowest BCUT2D eigenvalue weighted by Crippen LogP contribution is -2.39. The quantitative estimate of drug-likeness (QED) is 0.868. The summed E-state index contributed by atoms with van der Waals surface area (Å²) in [6.07, 6.45) is 0. The van der Waals surface area contributed by atoms with E-state index in [2.05, 4.69) is 0 Å². The molecule has 1 saturated heterocycles. The van der Waals surface area contributed by atoms with E-state index in [0.29, 0.717) is 18.7 Å². The fourth-order valence-electron chi connectivity index (χ4n) is 2.91. The van der Waals surface area contributed by atoms with Crippen LogP contribution < -0.4 is 4.74 Å². The summed E-state index contributed by atoms with van der Waals surface area (Å²) in [5.41, 5.74) is 1.54. The maximum atomic E-state index is 12.7. The van der Waals surface area contributed by atoms with Crippen molar-refractivity contribution in [3.8, 4) is 5.75 Å². The van der Waals surface area contributed by atoms with Crippen molar-refractivity contribution in [2.24, 2.45) is 0 Å². The first-order valence-electron chi connectivity index (χ1n) is 7.90. The lowest BCUT2D eigenvalue weighted by atomic mass is 10.2. The molecule has 1 aliphatic rings. The molecule has 2 aromatic carbocycles. The number of ether oxygens (including phenoxy) is 1. The molecule has 0 radical (unpaired) electrons. The van der Waals surface area contributed by atoms with Crippen molar-refractivity contribution in [2.45, 2.75) is 19.5 Å². The number of imide groups is 1. The van der Waals surface area contributed by atoms with E-state index in [0.717, 1.165) is 11.3 Å². The van der Waals surface area contributed by atoms with E-state index < -0.39 is 0 Å². The number of nitrogens with zero attached hydrogens (tertiary/aromatic N) is 2. The van der Waals surface area contributed by atoms with Crippen LogP contribution in [0.1, 0.15) is 22.8 Å². The van der Waals surface area contributed by atoms with E-state index in [1.165, 1.54) is 4.90 Å². The molecule has 1 aliphatic heterocycles. The van der Waals surface area contributed by atoms with E-state index >= 15 is 0 Å². The van der Waals surface area contributed by atoms with Crippen molar-refractivity contribution in [3.63, 3.8) is 0 Å². The molecule has 1 unspecified atom stereocenters. The third-order valence-corrected chi connectivity index (χ3v) is 4.17. The van der Waals surface area contributed by atoms with Crippen LogP contribution in [0.4, 0.5) is 4.79 Å². The van der Waals surface area contributed by atoms with Gasteiger partial charge in [-0.3, -0.25) is 9.69 Å². The molecule has 0 aliphatic carbocycles. The van der Waals surface area contributed by atoms with Gasteiger partial charge in [0.15, 0.2) is 0 Å². The molecule has 3 rings (SSSR count). The second-order valence-electron chi connectivity index (χ2n) is 5.90. The average Bonchev–Trinajstić information content (AvgIpc) is 2.89. The lowest BCUT2D eigenvalue weighted by Gasteiger charge is -2.19. The number of benzene rings is 2. The highest BCUT2D eigenvalue weighted by atomic mass is 16.5. The van der Waals surface area contributed by atoms with Crippen molar-refractivity contribution < 1.29 is 14.3 Å². The lowest BCUT2D eigenvalue weighted by molar-refractivity contribution is 0.0789. The van der Waals surface area contributed by atoms with E-state index in [-0.39, 0.29) is 18.0 Å².